The predicted molar refractivity (Wildman–Crippen MR) is 92.7 cm³/mol. The fourth-order valence-corrected chi connectivity index (χ4v) is 2.81. The van der Waals surface area contributed by atoms with E-state index in [-0.39, 0.29) is 24.8 Å². The molecule has 1 aromatic rings. The molecule has 0 aromatic heterocycles. The summed E-state index contributed by atoms with van der Waals surface area (Å²) in [6.45, 7) is 5.05. The third kappa shape index (κ3) is 3.45. The van der Waals surface area contributed by atoms with E-state index in [1.807, 2.05) is 19.1 Å². The number of methoxy groups -OCH3 is 1. The molecule has 1 N–H and O–H groups in total. The number of hydrogen-bond donors (Lipinski definition) is 1. The molecule has 0 radical (unpaired) electrons. The molecular weight excluding hydrogens is 324 g/mol. The molecule has 2 amide bonds. The van der Waals surface area contributed by atoms with Gasteiger partial charge in [0.15, 0.2) is 0 Å². The second kappa shape index (κ2) is 6.74. The smallest absolute Gasteiger partial charge is 0.329 e. The third-order valence-corrected chi connectivity index (χ3v) is 4.79. The Morgan fingerprint density at radius 1 is 1.36 bits per heavy atom. The second-order valence-corrected chi connectivity index (χ2v) is 6.84. The number of carboxylic acids is 1. The summed E-state index contributed by atoms with van der Waals surface area (Å²) in [6.07, 6.45) is 0.0516. The highest BCUT2D eigenvalue weighted by molar-refractivity contribution is 6.02. The van der Waals surface area contributed by atoms with E-state index < -0.39 is 17.4 Å². The first-order valence-corrected chi connectivity index (χ1v) is 8.05. The average molecular weight is 348 g/mol. The van der Waals surface area contributed by atoms with Gasteiger partial charge < -0.3 is 19.6 Å². The van der Waals surface area contributed by atoms with Gasteiger partial charge in [0, 0.05) is 20.0 Å². The first-order valence-electron chi connectivity index (χ1n) is 8.05. The molecule has 1 atom stereocenters. The third-order valence-electron chi connectivity index (χ3n) is 4.79. The summed E-state index contributed by atoms with van der Waals surface area (Å²) in [4.78, 5) is 39.3. The number of carbonyl (C=O) groups excluding carboxylic acids is 2. The molecule has 7 nitrogen and oxygen atoms in total. The van der Waals surface area contributed by atoms with E-state index in [0.29, 0.717) is 11.4 Å². The fraction of sp³-hybridized carbons (Fsp3) is 0.500. The van der Waals surface area contributed by atoms with E-state index >= 15 is 0 Å². The number of rotatable bonds is 5. The molecule has 136 valence electrons. The summed E-state index contributed by atoms with van der Waals surface area (Å²) in [5.74, 6) is -1.64. The summed E-state index contributed by atoms with van der Waals surface area (Å²) >= 11 is 0. The van der Waals surface area contributed by atoms with Crippen molar-refractivity contribution in [1.82, 2.24) is 4.90 Å². The monoisotopic (exact) mass is 348 g/mol. The molecule has 0 spiro atoms. The Hall–Kier alpha value is -2.57. The van der Waals surface area contributed by atoms with E-state index in [4.69, 9.17) is 4.74 Å². The highest BCUT2D eigenvalue weighted by Gasteiger charge is 2.42. The van der Waals surface area contributed by atoms with Gasteiger partial charge >= 0.3 is 5.97 Å². The highest BCUT2D eigenvalue weighted by Crippen LogP contribution is 2.34. The minimum Gasteiger partial charge on any atom is -0.495 e. The molecule has 1 aliphatic rings. The first kappa shape index (κ1) is 18.8. The normalized spacial score (nSPS) is 17.6. The number of carbonyl (C=O) groups is 3. The van der Waals surface area contributed by atoms with Crippen LogP contribution in [-0.2, 0) is 14.4 Å². The number of aryl methyl sites for hydroxylation is 1. The molecule has 0 saturated carbocycles. The Balaban J connectivity index is 2.25. The lowest BCUT2D eigenvalue weighted by Crippen LogP contribution is -2.52. The lowest BCUT2D eigenvalue weighted by atomic mass is 10.00. The average Bonchev–Trinajstić information content (AvgIpc) is 2.94. The summed E-state index contributed by atoms with van der Waals surface area (Å²) in [7, 11) is 2.98. The minimum absolute atomic E-state index is 0.0516. The quantitative estimate of drug-likeness (QED) is 0.875. The molecule has 1 unspecified atom stereocenters. The summed E-state index contributed by atoms with van der Waals surface area (Å²) in [6, 6.07) is 5.51. The van der Waals surface area contributed by atoms with Crippen molar-refractivity contribution in [3.05, 3.63) is 23.8 Å². The zero-order valence-corrected chi connectivity index (χ0v) is 15.2. The van der Waals surface area contributed by atoms with E-state index in [1.165, 1.54) is 37.8 Å². The van der Waals surface area contributed by atoms with Gasteiger partial charge in [-0.05, 0) is 38.5 Å². The van der Waals surface area contributed by atoms with Gasteiger partial charge in [-0.15, -0.1) is 0 Å². The van der Waals surface area contributed by atoms with E-state index in [0.717, 1.165) is 5.56 Å². The van der Waals surface area contributed by atoms with Gasteiger partial charge in [-0.2, -0.15) is 0 Å². The van der Waals surface area contributed by atoms with Crippen molar-refractivity contribution < 1.29 is 24.2 Å². The largest absolute Gasteiger partial charge is 0.495 e. The van der Waals surface area contributed by atoms with Gasteiger partial charge in [-0.25, -0.2) is 4.79 Å². The van der Waals surface area contributed by atoms with Gasteiger partial charge in [0.25, 0.3) is 0 Å². The topological polar surface area (TPSA) is 87.2 Å². The SMILES string of the molecule is COc1ccc(C)cc1N1CC(C(=O)N(C)C(C)(C)C(=O)O)CC1=O. The Morgan fingerprint density at radius 2 is 2.00 bits per heavy atom. The maximum atomic E-state index is 12.7. The Morgan fingerprint density at radius 3 is 2.56 bits per heavy atom. The van der Waals surface area contributed by atoms with Crippen LogP contribution in [0, 0.1) is 12.8 Å². The summed E-state index contributed by atoms with van der Waals surface area (Å²) < 4.78 is 5.32. The number of ether oxygens (including phenoxy) is 1. The zero-order valence-electron chi connectivity index (χ0n) is 15.2. The van der Waals surface area contributed by atoms with Gasteiger partial charge in [0.1, 0.15) is 11.3 Å². The molecular formula is C18H24N2O5. The summed E-state index contributed by atoms with van der Waals surface area (Å²) in [5.41, 5.74) is 0.264. The Kier molecular flexibility index (Phi) is 5.06. The van der Waals surface area contributed by atoms with Crippen molar-refractivity contribution in [3.63, 3.8) is 0 Å². The van der Waals surface area contributed by atoms with Crippen molar-refractivity contribution in [2.45, 2.75) is 32.7 Å². The van der Waals surface area contributed by atoms with Crippen LogP contribution < -0.4 is 9.64 Å². The molecule has 1 fully saturated rings. The lowest BCUT2D eigenvalue weighted by molar-refractivity contribution is -0.156. The van der Waals surface area contributed by atoms with Crippen molar-refractivity contribution in [2.75, 3.05) is 25.6 Å². The fourth-order valence-electron chi connectivity index (χ4n) is 2.81. The van der Waals surface area contributed by atoms with Gasteiger partial charge in [-0.1, -0.05) is 6.07 Å². The van der Waals surface area contributed by atoms with Gasteiger partial charge in [0.05, 0.1) is 18.7 Å². The van der Waals surface area contributed by atoms with Crippen LogP contribution in [0.5, 0.6) is 5.75 Å². The van der Waals surface area contributed by atoms with Crippen LogP contribution in [0.3, 0.4) is 0 Å². The highest BCUT2D eigenvalue weighted by atomic mass is 16.5. The van der Waals surface area contributed by atoms with E-state index in [2.05, 4.69) is 0 Å². The van der Waals surface area contributed by atoms with Crippen molar-refractivity contribution in [3.8, 4) is 5.75 Å². The molecule has 1 saturated heterocycles. The Bertz CT molecular complexity index is 713. The van der Waals surface area contributed by atoms with Gasteiger partial charge in [0.2, 0.25) is 11.8 Å². The zero-order chi connectivity index (χ0) is 18.9. The Labute approximate surface area is 147 Å². The van der Waals surface area contributed by atoms with Gasteiger partial charge in [-0.3, -0.25) is 9.59 Å². The van der Waals surface area contributed by atoms with Crippen LogP contribution in [0.2, 0.25) is 0 Å². The number of aliphatic carboxylic acids is 1. The molecule has 1 aromatic carbocycles. The van der Waals surface area contributed by atoms with Crippen LogP contribution >= 0.6 is 0 Å². The van der Waals surface area contributed by atoms with Crippen LogP contribution in [0.15, 0.2) is 18.2 Å². The molecule has 0 bridgehead atoms. The number of carboxylic acid groups (broad SMARTS) is 1. The molecule has 1 heterocycles. The number of hydrogen-bond acceptors (Lipinski definition) is 4. The van der Waals surface area contributed by atoms with Crippen LogP contribution in [-0.4, -0.2) is 54.0 Å². The number of nitrogens with zero attached hydrogens (tertiary/aromatic N) is 2. The molecule has 7 heteroatoms. The second-order valence-electron chi connectivity index (χ2n) is 6.84. The number of amides is 2. The lowest BCUT2D eigenvalue weighted by Gasteiger charge is -2.33. The molecule has 25 heavy (non-hydrogen) atoms. The molecule has 0 aliphatic carbocycles. The van der Waals surface area contributed by atoms with E-state index in [1.54, 1.807) is 6.07 Å². The van der Waals surface area contributed by atoms with Crippen LogP contribution in [0.1, 0.15) is 25.8 Å². The number of anilines is 1. The predicted octanol–water partition coefficient (Wildman–Crippen LogP) is 1.68. The standard InChI is InChI=1S/C18H24N2O5/c1-11-6-7-14(25-5)13(8-11)20-10-12(9-15(20)21)16(22)19(4)18(2,3)17(23)24/h6-8,12H,9-10H2,1-5H3,(H,23,24). The maximum absolute atomic E-state index is 12.7. The van der Waals surface area contributed by atoms with Crippen LogP contribution in [0.4, 0.5) is 5.69 Å². The first-order chi connectivity index (χ1) is 11.6. The number of benzene rings is 1. The minimum atomic E-state index is -1.34. The molecule has 2 rings (SSSR count). The number of likely N-dealkylation sites (N-methyl/N-ethyl adjacent to an activating group) is 1. The molecule has 1 aliphatic heterocycles. The van der Waals surface area contributed by atoms with Crippen molar-refractivity contribution in [1.29, 1.82) is 0 Å². The van der Waals surface area contributed by atoms with Crippen LogP contribution in [0.25, 0.3) is 0 Å². The maximum Gasteiger partial charge on any atom is 0.329 e. The van der Waals surface area contributed by atoms with Crippen molar-refractivity contribution >= 4 is 23.5 Å². The van der Waals surface area contributed by atoms with Crippen molar-refractivity contribution in [2.24, 2.45) is 5.92 Å². The summed E-state index contributed by atoms with van der Waals surface area (Å²) in [5, 5.41) is 9.30. The van der Waals surface area contributed by atoms with E-state index in [9.17, 15) is 19.5 Å².